The van der Waals surface area contributed by atoms with Gasteiger partial charge in [0.2, 0.25) is 5.91 Å². The maximum Gasteiger partial charge on any atom is 0.407 e. The number of aliphatic carboxylic acids is 1. The average molecular weight is 472 g/mol. The minimum Gasteiger partial charge on any atom is -0.480 e. The highest BCUT2D eigenvalue weighted by Gasteiger charge is 2.71. The molecule has 0 saturated heterocycles. The molecule has 3 unspecified atom stereocenters. The molecule has 7 nitrogen and oxygen atoms in total. The molecule has 0 aromatic heterocycles. The highest BCUT2D eigenvalue weighted by molar-refractivity contribution is 5.88. The number of hydrogen-bond donors (Lipinski definition) is 3. The van der Waals surface area contributed by atoms with Gasteiger partial charge in [0, 0.05) is 12.5 Å². The number of benzene rings is 2. The quantitative estimate of drug-likeness (QED) is 0.515. The number of carbonyl (C=O) groups is 3. The summed E-state index contributed by atoms with van der Waals surface area (Å²) in [7, 11) is 0. The van der Waals surface area contributed by atoms with Gasteiger partial charge in [-0.25, -0.2) is 18.4 Å². The first kappa shape index (κ1) is 23.7. The fraction of sp³-hybridized carbons (Fsp3) is 0.400. The van der Waals surface area contributed by atoms with Crippen LogP contribution in [0, 0.1) is 11.8 Å². The molecule has 4 rings (SSSR count). The maximum atomic E-state index is 14.2. The van der Waals surface area contributed by atoms with Gasteiger partial charge in [0.1, 0.15) is 18.6 Å². The van der Waals surface area contributed by atoms with Crippen molar-refractivity contribution in [3.63, 3.8) is 0 Å². The van der Waals surface area contributed by atoms with Crippen molar-refractivity contribution < 1.29 is 33.0 Å². The summed E-state index contributed by atoms with van der Waals surface area (Å²) in [6.07, 6.45) is -0.231. The molecule has 9 heteroatoms. The fourth-order valence-corrected chi connectivity index (χ4v) is 4.65. The van der Waals surface area contributed by atoms with Gasteiger partial charge in [-0.1, -0.05) is 61.9 Å². The van der Waals surface area contributed by atoms with Crippen molar-refractivity contribution in [3.8, 4) is 11.1 Å². The lowest BCUT2D eigenvalue weighted by molar-refractivity contribution is -0.142. The number of alkyl halides is 2. The van der Waals surface area contributed by atoms with E-state index in [1.165, 1.54) is 0 Å². The molecule has 180 valence electrons. The zero-order valence-corrected chi connectivity index (χ0v) is 18.6. The average Bonchev–Trinajstić information content (AvgIpc) is 3.22. The van der Waals surface area contributed by atoms with Crippen molar-refractivity contribution in [1.82, 2.24) is 10.6 Å². The van der Waals surface area contributed by atoms with Crippen LogP contribution in [0.15, 0.2) is 48.5 Å². The zero-order chi connectivity index (χ0) is 24.5. The SMILES string of the molecule is CCCC(NC(=O)C1C(CNC(=O)OCC2c3ccccc3-c3ccccc32)C1(F)F)C(=O)O. The molecule has 0 heterocycles. The minimum absolute atomic E-state index is 0.0438. The van der Waals surface area contributed by atoms with E-state index in [2.05, 4.69) is 10.6 Å². The van der Waals surface area contributed by atoms with Crippen LogP contribution < -0.4 is 10.6 Å². The Bertz CT molecular complexity index is 1060. The number of fused-ring (bicyclic) bond motifs is 3. The van der Waals surface area contributed by atoms with Crippen LogP contribution in [0.2, 0.25) is 0 Å². The van der Waals surface area contributed by atoms with Crippen LogP contribution in [0.5, 0.6) is 0 Å². The standard InChI is InChI=1S/C25H26F2N2O5/c1-2-7-20(23(31)32)29-22(30)21-19(25(21,26)27)12-28-24(33)34-13-18-16-10-5-3-8-14(16)15-9-4-6-11-17(15)18/h3-6,8-11,18-21H,2,7,12-13H2,1H3,(H,28,33)(H,29,30)(H,31,32). The van der Waals surface area contributed by atoms with Gasteiger partial charge >= 0.3 is 12.1 Å². The fourth-order valence-electron chi connectivity index (χ4n) is 4.65. The van der Waals surface area contributed by atoms with Gasteiger partial charge in [-0.2, -0.15) is 0 Å². The molecule has 2 aromatic carbocycles. The summed E-state index contributed by atoms with van der Waals surface area (Å²) < 4.78 is 33.7. The van der Waals surface area contributed by atoms with Gasteiger partial charge in [0.05, 0.1) is 5.92 Å². The van der Waals surface area contributed by atoms with Gasteiger partial charge < -0.3 is 20.5 Å². The molecule has 2 aliphatic rings. The van der Waals surface area contributed by atoms with E-state index in [0.29, 0.717) is 6.42 Å². The second-order valence-corrected chi connectivity index (χ2v) is 8.65. The van der Waals surface area contributed by atoms with Crippen molar-refractivity contribution >= 4 is 18.0 Å². The Morgan fingerprint density at radius 3 is 2.21 bits per heavy atom. The van der Waals surface area contributed by atoms with Crippen LogP contribution in [-0.4, -0.2) is 48.2 Å². The Morgan fingerprint density at radius 2 is 1.65 bits per heavy atom. The molecule has 1 fully saturated rings. The van der Waals surface area contributed by atoms with Gasteiger partial charge in [-0.05, 0) is 28.7 Å². The molecule has 0 spiro atoms. The Hall–Kier alpha value is -3.49. The molecular formula is C25H26F2N2O5. The third-order valence-corrected chi connectivity index (χ3v) is 6.49. The third kappa shape index (κ3) is 4.47. The molecule has 0 bridgehead atoms. The van der Waals surface area contributed by atoms with Crippen LogP contribution in [-0.2, 0) is 14.3 Å². The molecule has 3 atom stereocenters. The maximum absolute atomic E-state index is 14.2. The highest BCUT2D eigenvalue weighted by atomic mass is 19.3. The van der Waals surface area contributed by atoms with E-state index in [1.54, 1.807) is 6.92 Å². The number of carboxylic acid groups (broad SMARTS) is 1. The highest BCUT2D eigenvalue weighted by Crippen LogP contribution is 2.55. The number of amides is 2. The van der Waals surface area contributed by atoms with E-state index in [9.17, 15) is 23.2 Å². The minimum atomic E-state index is -3.32. The number of ether oxygens (including phenoxy) is 1. The van der Waals surface area contributed by atoms with E-state index in [0.717, 1.165) is 22.3 Å². The summed E-state index contributed by atoms with van der Waals surface area (Å²) in [6, 6.07) is 14.4. The first-order valence-corrected chi connectivity index (χ1v) is 11.3. The predicted octanol–water partition coefficient (Wildman–Crippen LogP) is 3.78. The molecular weight excluding hydrogens is 446 g/mol. The molecule has 2 aromatic rings. The van der Waals surface area contributed by atoms with Crippen LogP contribution in [0.1, 0.15) is 36.8 Å². The summed E-state index contributed by atoms with van der Waals surface area (Å²) in [5, 5.41) is 13.6. The Kier molecular flexibility index (Phi) is 6.54. The van der Waals surface area contributed by atoms with Crippen LogP contribution in [0.4, 0.5) is 13.6 Å². The van der Waals surface area contributed by atoms with Crippen LogP contribution >= 0.6 is 0 Å². The Labute approximate surface area is 195 Å². The van der Waals surface area contributed by atoms with Gasteiger partial charge in [-0.3, -0.25) is 4.79 Å². The Morgan fingerprint density at radius 1 is 1.06 bits per heavy atom. The Balaban J connectivity index is 1.31. The topological polar surface area (TPSA) is 105 Å². The predicted molar refractivity (Wildman–Crippen MR) is 119 cm³/mol. The summed E-state index contributed by atoms with van der Waals surface area (Å²) in [4.78, 5) is 35.6. The van der Waals surface area contributed by atoms with E-state index < -0.39 is 48.3 Å². The third-order valence-electron chi connectivity index (χ3n) is 6.49. The molecule has 0 radical (unpaired) electrons. The second-order valence-electron chi connectivity index (χ2n) is 8.65. The molecule has 0 aliphatic heterocycles. The van der Waals surface area contributed by atoms with Crippen LogP contribution in [0.25, 0.3) is 11.1 Å². The van der Waals surface area contributed by atoms with Gasteiger partial charge in [-0.15, -0.1) is 0 Å². The first-order valence-electron chi connectivity index (χ1n) is 11.3. The number of nitrogens with one attached hydrogen (secondary N) is 2. The second kappa shape index (κ2) is 9.40. The van der Waals surface area contributed by atoms with Crippen molar-refractivity contribution in [3.05, 3.63) is 59.7 Å². The van der Waals surface area contributed by atoms with Crippen molar-refractivity contribution in [2.24, 2.45) is 11.8 Å². The number of hydrogen-bond acceptors (Lipinski definition) is 4. The zero-order valence-electron chi connectivity index (χ0n) is 18.6. The van der Waals surface area contributed by atoms with Crippen molar-refractivity contribution in [2.75, 3.05) is 13.2 Å². The van der Waals surface area contributed by atoms with E-state index in [-0.39, 0.29) is 18.9 Å². The number of rotatable bonds is 9. The molecule has 34 heavy (non-hydrogen) atoms. The molecule has 1 saturated carbocycles. The smallest absolute Gasteiger partial charge is 0.407 e. The lowest BCUT2D eigenvalue weighted by Crippen LogP contribution is -2.42. The summed E-state index contributed by atoms with van der Waals surface area (Å²) in [5.41, 5.74) is 4.20. The van der Waals surface area contributed by atoms with E-state index >= 15 is 0 Å². The summed E-state index contributed by atoms with van der Waals surface area (Å²) in [5.74, 6) is -8.87. The number of alkyl carbamates (subject to hydrolysis) is 1. The summed E-state index contributed by atoms with van der Waals surface area (Å²) in [6.45, 7) is 1.32. The number of carbonyl (C=O) groups excluding carboxylic acids is 2. The van der Waals surface area contributed by atoms with Gasteiger partial charge in [0.25, 0.3) is 5.92 Å². The largest absolute Gasteiger partial charge is 0.480 e. The monoisotopic (exact) mass is 472 g/mol. The normalized spacial score (nSPS) is 20.6. The van der Waals surface area contributed by atoms with Crippen LogP contribution in [0.3, 0.4) is 0 Å². The molecule has 3 N–H and O–H groups in total. The summed E-state index contributed by atoms with van der Waals surface area (Å²) >= 11 is 0. The van der Waals surface area contributed by atoms with Crippen molar-refractivity contribution in [2.45, 2.75) is 37.6 Å². The molecule has 2 aliphatic carbocycles. The lowest BCUT2D eigenvalue weighted by atomic mass is 9.98. The number of halogens is 2. The van der Waals surface area contributed by atoms with Crippen molar-refractivity contribution in [1.29, 1.82) is 0 Å². The van der Waals surface area contributed by atoms with E-state index in [1.807, 2.05) is 48.5 Å². The number of carboxylic acids is 1. The lowest BCUT2D eigenvalue weighted by Gasteiger charge is -2.14. The van der Waals surface area contributed by atoms with E-state index in [4.69, 9.17) is 9.84 Å². The van der Waals surface area contributed by atoms with Gasteiger partial charge in [0.15, 0.2) is 0 Å². The first-order chi connectivity index (χ1) is 16.3. The molecule has 2 amide bonds.